The van der Waals surface area contributed by atoms with Gasteiger partial charge in [-0.15, -0.1) is 0 Å². The second-order valence-corrected chi connectivity index (χ2v) is 5.76. The van der Waals surface area contributed by atoms with E-state index in [0.717, 1.165) is 22.8 Å². The van der Waals surface area contributed by atoms with Crippen LogP contribution < -0.4 is 5.32 Å². The number of nitrogens with one attached hydrogen (secondary N) is 1. The minimum Gasteiger partial charge on any atom is -0.319 e. The molecule has 0 spiro atoms. The molecule has 0 unspecified atom stereocenters. The van der Waals surface area contributed by atoms with E-state index < -0.39 is 0 Å². The molecule has 0 fully saturated rings. The van der Waals surface area contributed by atoms with Crippen LogP contribution in [0.1, 0.15) is 33.1 Å². The van der Waals surface area contributed by atoms with E-state index in [4.69, 9.17) is 0 Å². The Bertz CT molecular complexity index is 896. The number of aromatic nitrogens is 4. The van der Waals surface area contributed by atoms with Crippen LogP contribution in [0.3, 0.4) is 0 Å². The molecule has 6 heteroatoms. The molecule has 0 atom stereocenters. The smallest absolute Gasteiger partial charge is 0.255 e. The fourth-order valence-corrected chi connectivity index (χ4v) is 2.56. The van der Waals surface area contributed by atoms with E-state index >= 15 is 0 Å². The lowest BCUT2D eigenvalue weighted by molar-refractivity contribution is 0.102. The summed E-state index contributed by atoms with van der Waals surface area (Å²) in [7, 11) is 0. The summed E-state index contributed by atoms with van der Waals surface area (Å²) in [6.07, 6.45) is 3.20. The van der Waals surface area contributed by atoms with Crippen molar-refractivity contribution in [3.63, 3.8) is 0 Å². The van der Waals surface area contributed by atoms with Crippen molar-refractivity contribution in [2.45, 2.75) is 27.7 Å². The average Bonchev–Trinajstić information content (AvgIpc) is 2.81. The lowest BCUT2D eigenvalue weighted by Crippen LogP contribution is -2.13. The van der Waals surface area contributed by atoms with Crippen molar-refractivity contribution in [2.75, 3.05) is 5.32 Å². The summed E-state index contributed by atoms with van der Waals surface area (Å²) in [6.45, 7) is 7.80. The molecule has 2 aromatic heterocycles. The number of aryl methyl sites for hydroxylation is 3. The Morgan fingerprint density at radius 1 is 1.08 bits per heavy atom. The largest absolute Gasteiger partial charge is 0.319 e. The van der Waals surface area contributed by atoms with Gasteiger partial charge in [0.15, 0.2) is 0 Å². The van der Waals surface area contributed by atoms with Gasteiger partial charge in [0, 0.05) is 11.3 Å². The van der Waals surface area contributed by atoms with Gasteiger partial charge in [-0.1, -0.05) is 17.7 Å². The first-order chi connectivity index (χ1) is 11.5. The summed E-state index contributed by atoms with van der Waals surface area (Å²) >= 11 is 0. The molecule has 0 aliphatic carbocycles. The summed E-state index contributed by atoms with van der Waals surface area (Å²) < 4.78 is 1.89. The van der Waals surface area contributed by atoms with Crippen LogP contribution in [0.15, 0.2) is 36.7 Å². The number of benzene rings is 1. The molecular formula is C18H19N5O. The molecule has 0 radical (unpaired) electrons. The highest BCUT2D eigenvalue weighted by Gasteiger charge is 2.12. The Hall–Kier alpha value is -3.02. The predicted octanol–water partition coefficient (Wildman–Crippen LogP) is 3.15. The van der Waals surface area contributed by atoms with Crippen molar-refractivity contribution in [2.24, 2.45) is 0 Å². The third-order valence-electron chi connectivity index (χ3n) is 3.89. The summed E-state index contributed by atoms with van der Waals surface area (Å²) in [6, 6.07) is 7.42. The van der Waals surface area contributed by atoms with Gasteiger partial charge < -0.3 is 5.32 Å². The van der Waals surface area contributed by atoms with E-state index in [2.05, 4.69) is 20.3 Å². The first-order valence-corrected chi connectivity index (χ1v) is 7.68. The number of anilines is 1. The highest BCUT2D eigenvalue weighted by atomic mass is 16.1. The van der Waals surface area contributed by atoms with Crippen molar-refractivity contribution >= 4 is 11.6 Å². The topological polar surface area (TPSA) is 72.7 Å². The van der Waals surface area contributed by atoms with Crippen molar-refractivity contribution < 1.29 is 4.79 Å². The van der Waals surface area contributed by atoms with Gasteiger partial charge in [-0.25, -0.2) is 15.0 Å². The molecule has 3 rings (SSSR count). The van der Waals surface area contributed by atoms with E-state index in [1.807, 2.05) is 50.5 Å². The maximum atomic E-state index is 12.3. The Morgan fingerprint density at radius 3 is 2.38 bits per heavy atom. The highest BCUT2D eigenvalue weighted by Crippen LogP contribution is 2.15. The van der Waals surface area contributed by atoms with Gasteiger partial charge in [0.05, 0.1) is 23.8 Å². The second kappa shape index (κ2) is 6.23. The van der Waals surface area contributed by atoms with Gasteiger partial charge in [0.1, 0.15) is 5.82 Å². The number of nitrogens with zero attached hydrogens (tertiary/aromatic N) is 4. The van der Waals surface area contributed by atoms with Crippen molar-refractivity contribution in [1.82, 2.24) is 19.5 Å². The minimum atomic E-state index is -0.180. The molecular weight excluding hydrogens is 302 g/mol. The predicted molar refractivity (Wildman–Crippen MR) is 92.5 cm³/mol. The third-order valence-corrected chi connectivity index (χ3v) is 3.89. The van der Waals surface area contributed by atoms with Gasteiger partial charge in [-0.2, -0.15) is 0 Å². The molecule has 0 aliphatic heterocycles. The Labute approximate surface area is 140 Å². The zero-order valence-corrected chi connectivity index (χ0v) is 14.2. The number of hydrogen-bond acceptors (Lipinski definition) is 4. The normalized spacial score (nSPS) is 10.7. The lowest BCUT2D eigenvalue weighted by atomic mass is 10.1. The fraction of sp³-hybridized carbons (Fsp3) is 0.222. The number of carbonyl (C=O) groups excluding carboxylic acids is 1. The molecule has 0 saturated carbocycles. The van der Waals surface area contributed by atoms with E-state index in [0.29, 0.717) is 17.2 Å². The van der Waals surface area contributed by atoms with Crippen LogP contribution in [-0.4, -0.2) is 25.4 Å². The number of carbonyl (C=O) groups is 1. The number of imidazole rings is 1. The molecule has 3 aromatic rings. The van der Waals surface area contributed by atoms with Crippen LogP contribution >= 0.6 is 0 Å². The van der Waals surface area contributed by atoms with E-state index in [9.17, 15) is 4.79 Å². The van der Waals surface area contributed by atoms with Gasteiger partial charge in [0.25, 0.3) is 5.91 Å². The number of hydrogen-bond donors (Lipinski definition) is 1. The van der Waals surface area contributed by atoms with Gasteiger partial charge in [0.2, 0.25) is 5.95 Å². The van der Waals surface area contributed by atoms with Gasteiger partial charge in [-0.05, 0) is 39.8 Å². The molecule has 0 aliphatic rings. The van der Waals surface area contributed by atoms with Crippen LogP contribution in [0.2, 0.25) is 0 Å². The van der Waals surface area contributed by atoms with Crippen LogP contribution in [0, 0.1) is 27.7 Å². The van der Waals surface area contributed by atoms with E-state index in [-0.39, 0.29) is 5.91 Å². The molecule has 24 heavy (non-hydrogen) atoms. The van der Waals surface area contributed by atoms with E-state index in [1.54, 1.807) is 18.5 Å². The number of rotatable bonds is 3. The zero-order chi connectivity index (χ0) is 17.3. The zero-order valence-electron chi connectivity index (χ0n) is 14.2. The molecule has 0 bridgehead atoms. The van der Waals surface area contributed by atoms with Gasteiger partial charge in [-0.3, -0.25) is 9.36 Å². The minimum absolute atomic E-state index is 0.180. The average molecular weight is 321 g/mol. The standard InChI is InChI=1S/C18H19N5O/c1-11-6-5-7-15(8-11)17(24)22-16-9-19-18(20-10-16)23-13(3)12(2)21-14(23)4/h5-10H,1-4H3,(H,22,24). The molecule has 1 N–H and O–H groups in total. The van der Waals surface area contributed by atoms with Crippen LogP contribution in [0.4, 0.5) is 5.69 Å². The maximum absolute atomic E-state index is 12.3. The monoisotopic (exact) mass is 321 g/mol. The van der Waals surface area contributed by atoms with Crippen LogP contribution in [0.25, 0.3) is 5.95 Å². The van der Waals surface area contributed by atoms with Crippen molar-refractivity contribution in [3.05, 3.63) is 65.0 Å². The fourth-order valence-electron chi connectivity index (χ4n) is 2.56. The summed E-state index contributed by atoms with van der Waals surface area (Å²) in [5.74, 6) is 1.20. The first kappa shape index (κ1) is 15.9. The van der Waals surface area contributed by atoms with Gasteiger partial charge >= 0.3 is 0 Å². The Morgan fingerprint density at radius 2 is 1.79 bits per heavy atom. The number of amides is 1. The maximum Gasteiger partial charge on any atom is 0.255 e. The SMILES string of the molecule is Cc1cccc(C(=O)Nc2cnc(-n3c(C)nc(C)c3C)nc2)c1. The summed E-state index contributed by atoms with van der Waals surface area (Å²) in [5, 5.41) is 2.81. The third kappa shape index (κ3) is 3.03. The lowest BCUT2D eigenvalue weighted by Gasteiger charge is -2.08. The summed E-state index contributed by atoms with van der Waals surface area (Å²) in [5.41, 5.74) is 4.15. The first-order valence-electron chi connectivity index (χ1n) is 7.68. The summed E-state index contributed by atoms with van der Waals surface area (Å²) in [4.78, 5) is 25.4. The van der Waals surface area contributed by atoms with Crippen LogP contribution in [0.5, 0.6) is 0 Å². The van der Waals surface area contributed by atoms with Crippen LogP contribution in [-0.2, 0) is 0 Å². The molecule has 1 aromatic carbocycles. The molecule has 122 valence electrons. The molecule has 2 heterocycles. The Kier molecular flexibility index (Phi) is 4.12. The highest BCUT2D eigenvalue weighted by molar-refractivity contribution is 6.04. The molecule has 6 nitrogen and oxygen atoms in total. The molecule has 0 saturated heterocycles. The van der Waals surface area contributed by atoms with Crippen molar-refractivity contribution in [3.8, 4) is 5.95 Å². The van der Waals surface area contributed by atoms with Crippen molar-refractivity contribution in [1.29, 1.82) is 0 Å². The van der Waals surface area contributed by atoms with E-state index in [1.165, 1.54) is 0 Å². The quantitative estimate of drug-likeness (QED) is 0.804. The second-order valence-electron chi connectivity index (χ2n) is 5.76. The Balaban J connectivity index is 1.81. The molecule has 1 amide bonds.